The number of thioether (sulfide) groups is 1. The summed E-state index contributed by atoms with van der Waals surface area (Å²) in [6, 6.07) is 12.2. The van der Waals surface area contributed by atoms with Crippen LogP contribution in [0.4, 0.5) is 4.39 Å². The zero-order valence-corrected chi connectivity index (χ0v) is 19.0. The highest BCUT2D eigenvalue weighted by atomic mass is 32.2. The van der Waals surface area contributed by atoms with Gasteiger partial charge in [-0.1, -0.05) is 12.1 Å². The van der Waals surface area contributed by atoms with Gasteiger partial charge in [0.15, 0.2) is 0 Å². The van der Waals surface area contributed by atoms with Gasteiger partial charge in [-0.05, 0) is 74.3 Å². The number of benzene rings is 1. The lowest BCUT2D eigenvalue weighted by Crippen LogP contribution is -2.17. The van der Waals surface area contributed by atoms with Crippen molar-refractivity contribution in [2.45, 2.75) is 43.7 Å². The summed E-state index contributed by atoms with van der Waals surface area (Å²) in [7, 11) is 0. The molecule has 1 aliphatic rings. The predicted molar refractivity (Wildman–Crippen MR) is 125 cm³/mol. The van der Waals surface area contributed by atoms with Crippen molar-refractivity contribution in [2.75, 3.05) is 12.9 Å². The van der Waals surface area contributed by atoms with Crippen molar-refractivity contribution in [1.29, 1.82) is 0 Å². The smallest absolute Gasteiger partial charge is 0.222 e. The van der Waals surface area contributed by atoms with Gasteiger partial charge in [0.25, 0.3) is 0 Å². The van der Waals surface area contributed by atoms with Gasteiger partial charge >= 0.3 is 0 Å². The van der Waals surface area contributed by atoms with Crippen molar-refractivity contribution in [3.63, 3.8) is 0 Å². The van der Waals surface area contributed by atoms with Crippen molar-refractivity contribution in [3.8, 4) is 11.3 Å². The van der Waals surface area contributed by atoms with Crippen molar-refractivity contribution in [3.05, 3.63) is 71.7 Å². The molecule has 4 heterocycles. The highest BCUT2D eigenvalue weighted by Crippen LogP contribution is 2.33. The number of aryl methyl sites for hydroxylation is 1. The van der Waals surface area contributed by atoms with Crippen LogP contribution in [0, 0.1) is 12.9 Å². The van der Waals surface area contributed by atoms with Gasteiger partial charge < -0.3 is 9.30 Å². The summed E-state index contributed by atoms with van der Waals surface area (Å²) < 4.78 is 22.9. The van der Waals surface area contributed by atoms with Crippen LogP contribution in [0.2, 0.25) is 0 Å². The van der Waals surface area contributed by atoms with Gasteiger partial charge in [-0.3, -0.25) is 0 Å². The minimum absolute atomic E-state index is 0.0399. The van der Waals surface area contributed by atoms with Crippen molar-refractivity contribution in [2.24, 2.45) is 0 Å². The maximum atomic E-state index is 14.9. The largest absolute Gasteiger partial charge is 0.358 e. The second kappa shape index (κ2) is 9.00. The van der Waals surface area contributed by atoms with Crippen LogP contribution in [-0.4, -0.2) is 32.4 Å². The summed E-state index contributed by atoms with van der Waals surface area (Å²) in [5, 5.41) is 0.812. The van der Waals surface area contributed by atoms with Crippen LogP contribution in [0.25, 0.3) is 22.3 Å². The molecule has 0 amide bonds. The fourth-order valence-corrected chi connectivity index (χ4v) is 4.66. The maximum absolute atomic E-state index is 14.9. The van der Waals surface area contributed by atoms with E-state index in [1.807, 2.05) is 25.3 Å². The molecule has 1 unspecified atom stereocenters. The van der Waals surface area contributed by atoms with E-state index in [2.05, 4.69) is 50.0 Å². The quantitative estimate of drug-likeness (QED) is 0.279. The number of aromatic nitrogens is 4. The van der Waals surface area contributed by atoms with Crippen molar-refractivity contribution >= 4 is 22.8 Å². The maximum Gasteiger partial charge on any atom is 0.222 e. The molecule has 1 atom stereocenters. The molecule has 1 aliphatic heterocycles. The van der Waals surface area contributed by atoms with Crippen molar-refractivity contribution in [1.82, 2.24) is 19.5 Å². The topological polar surface area (TPSA) is 52.8 Å². The van der Waals surface area contributed by atoms with E-state index in [4.69, 9.17) is 4.74 Å². The monoisotopic (exact) mass is 448 g/mol. The number of fused-ring (bicyclic) bond motifs is 1. The van der Waals surface area contributed by atoms with E-state index < -0.39 is 5.95 Å². The van der Waals surface area contributed by atoms with Crippen LogP contribution < -0.4 is 0 Å². The minimum atomic E-state index is -0.521. The molecule has 0 N–H and O–H groups in total. The second-order valence-corrected chi connectivity index (χ2v) is 8.99. The molecule has 164 valence electrons. The Morgan fingerprint density at radius 3 is 2.72 bits per heavy atom. The number of hydrogen-bond donors (Lipinski definition) is 0. The van der Waals surface area contributed by atoms with E-state index in [0.29, 0.717) is 23.5 Å². The third-order valence-corrected chi connectivity index (χ3v) is 6.61. The zero-order chi connectivity index (χ0) is 22.1. The van der Waals surface area contributed by atoms with Crippen LogP contribution in [0.15, 0.2) is 53.7 Å². The molecule has 0 aliphatic carbocycles. The van der Waals surface area contributed by atoms with Crippen molar-refractivity contribution < 1.29 is 9.13 Å². The number of halogens is 1. The van der Waals surface area contributed by atoms with Gasteiger partial charge in [0.1, 0.15) is 17.7 Å². The molecule has 0 radical (unpaired) electrons. The molecule has 1 saturated heterocycles. The van der Waals surface area contributed by atoms with E-state index in [1.165, 1.54) is 4.90 Å². The summed E-state index contributed by atoms with van der Waals surface area (Å²) in [4.78, 5) is 14.5. The molecule has 4 aromatic rings. The van der Waals surface area contributed by atoms with Crippen LogP contribution in [0.1, 0.15) is 42.4 Å². The van der Waals surface area contributed by atoms with E-state index in [9.17, 15) is 4.39 Å². The first-order chi connectivity index (χ1) is 15.6. The molecule has 0 spiro atoms. The molecule has 3 aromatic heterocycles. The fourth-order valence-electron chi connectivity index (χ4n) is 4.26. The van der Waals surface area contributed by atoms with E-state index in [0.717, 1.165) is 48.0 Å². The number of rotatable bonds is 5. The molecule has 0 saturated carbocycles. The highest BCUT2D eigenvalue weighted by molar-refractivity contribution is 7.98. The SMILES string of the molecule is CSc1ccc(Cc2cnc(F)c(-c3nc(C)nc4c3ccn4C3CCCCO3)c2)cc1. The first kappa shape index (κ1) is 21.1. The lowest BCUT2D eigenvalue weighted by atomic mass is 10.0. The summed E-state index contributed by atoms with van der Waals surface area (Å²) >= 11 is 1.71. The molecule has 5 rings (SSSR count). The Bertz CT molecular complexity index is 1250. The first-order valence-electron chi connectivity index (χ1n) is 10.9. The van der Waals surface area contributed by atoms with Crippen LogP contribution in [0.5, 0.6) is 0 Å². The standard InChI is InChI=1S/C25H25FN4OS/c1-16-28-23(20-10-11-30(25(20)29-16)22-5-3-4-12-31-22)21-14-18(15-27-24(21)26)13-17-6-8-19(32-2)9-7-17/h6-11,14-15,22H,3-5,12-13H2,1-2H3. The van der Waals surface area contributed by atoms with Crippen LogP contribution in [-0.2, 0) is 11.2 Å². The fraction of sp³-hybridized carbons (Fsp3) is 0.320. The van der Waals surface area contributed by atoms with Gasteiger partial charge in [-0.2, -0.15) is 4.39 Å². The third kappa shape index (κ3) is 4.14. The average Bonchev–Trinajstić information content (AvgIpc) is 3.24. The van der Waals surface area contributed by atoms with Gasteiger partial charge in [0.2, 0.25) is 5.95 Å². The zero-order valence-electron chi connectivity index (χ0n) is 18.2. The normalized spacial score (nSPS) is 16.5. The molecule has 1 fully saturated rings. The summed E-state index contributed by atoms with van der Waals surface area (Å²) in [5.74, 6) is 0.0771. The molecule has 32 heavy (non-hydrogen) atoms. The first-order valence-corrected chi connectivity index (χ1v) is 12.1. The van der Waals surface area contributed by atoms with Gasteiger partial charge in [-0.15, -0.1) is 11.8 Å². The summed E-state index contributed by atoms with van der Waals surface area (Å²) in [6.07, 6.45) is 9.43. The highest BCUT2D eigenvalue weighted by Gasteiger charge is 2.21. The Hall–Kier alpha value is -2.77. The lowest BCUT2D eigenvalue weighted by molar-refractivity contribution is -0.0295. The molecule has 1 aromatic carbocycles. The lowest BCUT2D eigenvalue weighted by Gasteiger charge is -2.24. The van der Waals surface area contributed by atoms with Crippen LogP contribution >= 0.6 is 11.8 Å². The minimum Gasteiger partial charge on any atom is -0.358 e. The number of nitrogens with zero attached hydrogens (tertiary/aromatic N) is 4. The molecular formula is C25H25FN4OS. The number of ether oxygens (including phenoxy) is 1. The molecule has 5 nitrogen and oxygen atoms in total. The van der Waals surface area contributed by atoms with E-state index in [1.54, 1.807) is 18.0 Å². The average molecular weight is 449 g/mol. The van der Waals surface area contributed by atoms with E-state index in [-0.39, 0.29) is 6.23 Å². The Labute approximate surface area is 191 Å². The third-order valence-electron chi connectivity index (χ3n) is 5.87. The number of pyridine rings is 1. The molecular weight excluding hydrogens is 423 g/mol. The Balaban J connectivity index is 1.54. The van der Waals surface area contributed by atoms with Gasteiger partial charge in [0.05, 0.1) is 11.3 Å². The second-order valence-electron chi connectivity index (χ2n) is 8.11. The summed E-state index contributed by atoms with van der Waals surface area (Å²) in [6.45, 7) is 2.59. The molecule has 0 bridgehead atoms. The van der Waals surface area contributed by atoms with E-state index >= 15 is 0 Å². The Morgan fingerprint density at radius 2 is 1.97 bits per heavy atom. The Kier molecular flexibility index (Phi) is 5.93. The van der Waals surface area contributed by atoms with Crippen LogP contribution in [0.3, 0.4) is 0 Å². The predicted octanol–water partition coefficient (Wildman–Crippen LogP) is 5.95. The number of hydrogen-bond acceptors (Lipinski definition) is 5. The van der Waals surface area contributed by atoms with Gasteiger partial charge in [0, 0.05) is 29.3 Å². The Morgan fingerprint density at radius 1 is 1.12 bits per heavy atom. The molecule has 7 heteroatoms. The summed E-state index contributed by atoms with van der Waals surface area (Å²) in [5.41, 5.74) is 3.86. The van der Waals surface area contributed by atoms with Gasteiger partial charge in [-0.25, -0.2) is 15.0 Å².